The molecule has 0 amide bonds. The third-order valence-corrected chi connectivity index (χ3v) is 1.64. The molecule has 1 nitrogen and oxygen atoms in total. The molecule has 0 aliphatic rings. The highest BCUT2D eigenvalue weighted by molar-refractivity contribution is 6.30. The Morgan fingerprint density at radius 1 is 1.19 bits per heavy atom. The van der Waals surface area contributed by atoms with E-state index in [0.29, 0.717) is 5.02 Å². The minimum absolute atomic E-state index is 0.132. The molecule has 0 bridgehead atoms. The predicted molar refractivity (Wildman–Crippen MR) is 59.1 cm³/mol. The van der Waals surface area contributed by atoms with E-state index in [2.05, 4.69) is 4.74 Å². The van der Waals surface area contributed by atoms with Gasteiger partial charge in [-0.1, -0.05) is 25.4 Å². The van der Waals surface area contributed by atoms with Gasteiger partial charge >= 0.3 is 6.18 Å². The molecule has 0 saturated heterocycles. The van der Waals surface area contributed by atoms with Crippen LogP contribution in [0.4, 0.5) is 13.2 Å². The van der Waals surface area contributed by atoms with Crippen LogP contribution in [0, 0.1) is 6.92 Å². The number of ether oxygens (including phenoxy) is 1. The maximum Gasteiger partial charge on any atom is 0.422 e. The van der Waals surface area contributed by atoms with E-state index in [4.69, 9.17) is 11.6 Å². The molecule has 0 fully saturated rings. The molecule has 0 aliphatic carbocycles. The summed E-state index contributed by atoms with van der Waals surface area (Å²) in [6, 6.07) is 4.49. The van der Waals surface area contributed by atoms with E-state index < -0.39 is 12.8 Å². The van der Waals surface area contributed by atoms with Crippen LogP contribution in [0.15, 0.2) is 18.2 Å². The predicted octanol–water partition coefficient (Wildman–Crippen LogP) is 4.62. The number of benzene rings is 1. The Bertz CT molecular complexity index is 303. The molecule has 0 saturated carbocycles. The zero-order valence-corrected chi connectivity index (χ0v) is 10.1. The van der Waals surface area contributed by atoms with Crippen LogP contribution in [-0.2, 0) is 0 Å². The molecule has 0 radical (unpaired) electrons. The first kappa shape index (κ1) is 15.1. The third kappa shape index (κ3) is 6.56. The van der Waals surface area contributed by atoms with Crippen molar-refractivity contribution in [1.29, 1.82) is 0 Å². The molecule has 1 aromatic rings. The van der Waals surface area contributed by atoms with Crippen molar-refractivity contribution in [2.45, 2.75) is 26.9 Å². The Labute approximate surface area is 98.2 Å². The van der Waals surface area contributed by atoms with Gasteiger partial charge in [0.25, 0.3) is 0 Å². The molecule has 92 valence electrons. The van der Waals surface area contributed by atoms with Crippen LogP contribution < -0.4 is 4.74 Å². The highest BCUT2D eigenvalue weighted by atomic mass is 35.5. The van der Waals surface area contributed by atoms with Gasteiger partial charge in [-0.05, 0) is 30.7 Å². The maximum atomic E-state index is 11.8. The average Bonchev–Trinajstić information content (AvgIpc) is 2.15. The smallest absolute Gasteiger partial charge is 0.422 e. The van der Waals surface area contributed by atoms with Crippen molar-refractivity contribution < 1.29 is 17.9 Å². The molecule has 0 spiro atoms. The minimum Gasteiger partial charge on any atom is -0.484 e. The van der Waals surface area contributed by atoms with Gasteiger partial charge in [0, 0.05) is 5.02 Å². The summed E-state index contributed by atoms with van der Waals surface area (Å²) in [7, 11) is 0. The Hall–Kier alpha value is -0.900. The molecule has 1 rings (SSSR count). The van der Waals surface area contributed by atoms with E-state index in [0.717, 1.165) is 5.56 Å². The van der Waals surface area contributed by atoms with Gasteiger partial charge in [0.05, 0.1) is 0 Å². The van der Waals surface area contributed by atoms with Gasteiger partial charge < -0.3 is 4.74 Å². The first-order chi connectivity index (χ1) is 7.37. The van der Waals surface area contributed by atoms with Crippen molar-refractivity contribution in [3.63, 3.8) is 0 Å². The van der Waals surface area contributed by atoms with Crippen molar-refractivity contribution in [3.05, 3.63) is 28.8 Å². The monoisotopic (exact) mass is 254 g/mol. The van der Waals surface area contributed by atoms with Crippen LogP contribution in [-0.4, -0.2) is 12.8 Å². The molecule has 0 aromatic heterocycles. The van der Waals surface area contributed by atoms with Crippen molar-refractivity contribution in [2.75, 3.05) is 6.61 Å². The normalized spacial score (nSPS) is 10.4. The summed E-state index contributed by atoms with van der Waals surface area (Å²) in [4.78, 5) is 0. The second-order valence-corrected chi connectivity index (χ2v) is 3.30. The van der Waals surface area contributed by atoms with Crippen molar-refractivity contribution in [1.82, 2.24) is 0 Å². The fraction of sp³-hybridized carbons (Fsp3) is 0.455. The summed E-state index contributed by atoms with van der Waals surface area (Å²) in [5, 5.41) is 0.363. The first-order valence-corrected chi connectivity index (χ1v) is 5.21. The molecule has 0 aliphatic heterocycles. The summed E-state index contributed by atoms with van der Waals surface area (Å²) in [6.07, 6.45) is -4.32. The van der Waals surface area contributed by atoms with E-state index in [-0.39, 0.29) is 5.75 Å². The fourth-order valence-electron chi connectivity index (χ4n) is 0.951. The van der Waals surface area contributed by atoms with E-state index in [1.54, 1.807) is 13.0 Å². The molecule has 5 heteroatoms. The standard InChI is InChI=1S/C9H8ClF3O.C2H6/c1-6-2-7(10)4-8(3-6)14-5-9(11,12)13;1-2/h2-4H,5H2,1H3;1-2H3. The number of aryl methyl sites for hydroxylation is 1. The Morgan fingerprint density at radius 2 is 1.75 bits per heavy atom. The Balaban J connectivity index is 0.00000106. The molecule has 0 heterocycles. The molecule has 0 unspecified atom stereocenters. The van der Waals surface area contributed by atoms with Crippen LogP contribution in [0.25, 0.3) is 0 Å². The van der Waals surface area contributed by atoms with Crippen LogP contribution in [0.2, 0.25) is 5.02 Å². The van der Waals surface area contributed by atoms with Crippen molar-refractivity contribution in [2.24, 2.45) is 0 Å². The first-order valence-electron chi connectivity index (χ1n) is 4.83. The van der Waals surface area contributed by atoms with Crippen LogP contribution in [0.1, 0.15) is 19.4 Å². The van der Waals surface area contributed by atoms with E-state index in [9.17, 15) is 13.2 Å². The number of hydrogen-bond donors (Lipinski definition) is 0. The second kappa shape index (κ2) is 6.63. The lowest BCUT2D eigenvalue weighted by Crippen LogP contribution is -2.19. The number of alkyl halides is 3. The van der Waals surface area contributed by atoms with Gasteiger partial charge in [-0.25, -0.2) is 0 Å². The van der Waals surface area contributed by atoms with Gasteiger partial charge in [-0.3, -0.25) is 0 Å². The quantitative estimate of drug-likeness (QED) is 0.749. The lowest BCUT2D eigenvalue weighted by molar-refractivity contribution is -0.153. The summed E-state index contributed by atoms with van der Waals surface area (Å²) >= 11 is 5.64. The SMILES string of the molecule is CC.Cc1cc(Cl)cc(OCC(F)(F)F)c1. The molecule has 0 atom stereocenters. The van der Waals surface area contributed by atoms with Crippen molar-refractivity contribution >= 4 is 11.6 Å². The van der Waals surface area contributed by atoms with E-state index in [1.165, 1.54) is 12.1 Å². The largest absolute Gasteiger partial charge is 0.484 e. The Kier molecular flexibility index (Phi) is 6.26. The zero-order valence-electron chi connectivity index (χ0n) is 9.36. The second-order valence-electron chi connectivity index (χ2n) is 2.87. The zero-order chi connectivity index (χ0) is 12.8. The van der Waals surface area contributed by atoms with Gasteiger partial charge in [0.15, 0.2) is 6.61 Å². The number of rotatable bonds is 2. The molecular weight excluding hydrogens is 241 g/mol. The van der Waals surface area contributed by atoms with Gasteiger partial charge in [-0.2, -0.15) is 13.2 Å². The van der Waals surface area contributed by atoms with Gasteiger partial charge in [-0.15, -0.1) is 0 Å². The summed E-state index contributed by atoms with van der Waals surface area (Å²) < 4.78 is 39.9. The fourth-order valence-corrected chi connectivity index (χ4v) is 1.23. The number of halogens is 4. The van der Waals surface area contributed by atoms with Gasteiger partial charge in [0.1, 0.15) is 5.75 Å². The average molecular weight is 255 g/mol. The number of hydrogen-bond acceptors (Lipinski definition) is 1. The molecule has 1 aromatic carbocycles. The summed E-state index contributed by atoms with van der Waals surface area (Å²) in [5.41, 5.74) is 0.759. The van der Waals surface area contributed by atoms with E-state index >= 15 is 0 Å². The highest BCUT2D eigenvalue weighted by Gasteiger charge is 2.28. The molecule has 16 heavy (non-hydrogen) atoms. The minimum atomic E-state index is -4.32. The summed E-state index contributed by atoms with van der Waals surface area (Å²) in [6.45, 7) is 4.43. The van der Waals surface area contributed by atoms with Crippen LogP contribution in [0.5, 0.6) is 5.75 Å². The Morgan fingerprint density at radius 3 is 2.19 bits per heavy atom. The van der Waals surface area contributed by atoms with E-state index in [1.807, 2.05) is 13.8 Å². The molecular formula is C11H14ClF3O. The lowest BCUT2D eigenvalue weighted by Gasteiger charge is -2.09. The lowest BCUT2D eigenvalue weighted by atomic mass is 10.2. The van der Waals surface area contributed by atoms with Crippen LogP contribution >= 0.6 is 11.6 Å². The maximum absolute atomic E-state index is 11.8. The summed E-state index contributed by atoms with van der Waals surface area (Å²) in [5.74, 6) is 0.132. The highest BCUT2D eigenvalue weighted by Crippen LogP contribution is 2.23. The van der Waals surface area contributed by atoms with Crippen molar-refractivity contribution in [3.8, 4) is 5.75 Å². The molecule has 0 N–H and O–H groups in total. The van der Waals surface area contributed by atoms with Crippen LogP contribution in [0.3, 0.4) is 0 Å². The third-order valence-electron chi connectivity index (χ3n) is 1.42. The topological polar surface area (TPSA) is 9.23 Å². The van der Waals surface area contributed by atoms with Gasteiger partial charge in [0.2, 0.25) is 0 Å².